The van der Waals surface area contributed by atoms with Gasteiger partial charge in [-0.2, -0.15) is 26.7 Å². The zero-order valence-electron chi connectivity index (χ0n) is 18.5. The Labute approximate surface area is 198 Å². The number of fused-ring (bicyclic) bond motifs is 5. The first-order chi connectivity index (χ1) is 16.2. The van der Waals surface area contributed by atoms with Gasteiger partial charge in [0.05, 0.1) is 28.1 Å². The Hall–Kier alpha value is -2.99. The molecule has 1 aromatic carbocycles. The van der Waals surface area contributed by atoms with Crippen molar-refractivity contribution in [3.63, 3.8) is 0 Å². The molecule has 0 unspecified atom stereocenters. The van der Waals surface area contributed by atoms with Crippen molar-refractivity contribution in [2.75, 3.05) is 0 Å². The summed E-state index contributed by atoms with van der Waals surface area (Å²) >= 11 is 0. The molecule has 0 amide bonds. The van der Waals surface area contributed by atoms with E-state index in [0.717, 1.165) is 29.8 Å². The van der Waals surface area contributed by atoms with Crippen LogP contribution >= 0.6 is 0 Å². The molecule has 0 spiro atoms. The van der Waals surface area contributed by atoms with E-state index < -0.39 is 27.3 Å². The standard InChI is InChI=1S/C22H19F2N3.CHF3O3S/c1-21(2)14-9-10-22(21,18-8-3-4-11-25-18)20-13(14)12-17(26-27-20)19-15(23)6-5-7-16(19)24;2-1(3,4)8(5,6)7/h3-8,11-12,14H,9-10H2,1-2H3;(H,5,6,7)/t14-,22-;/m0./s1. The molecule has 2 aromatic heterocycles. The molecule has 5 rings (SSSR count). The van der Waals surface area contributed by atoms with Crippen LogP contribution in [0, 0.1) is 17.0 Å². The first-order valence-electron chi connectivity index (χ1n) is 10.5. The number of nitrogens with zero attached hydrogens (tertiary/aromatic N) is 3. The van der Waals surface area contributed by atoms with Gasteiger partial charge in [-0.3, -0.25) is 9.54 Å². The molecule has 35 heavy (non-hydrogen) atoms. The average molecular weight is 513 g/mol. The van der Waals surface area contributed by atoms with Crippen LogP contribution < -0.4 is 0 Å². The normalized spacial score (nSPS) is 22.3. The zero-order chi connectivity index (χ0) is 25.8. The van der Waals surface area contributed by atoms with Crippen LogP contribution in [-0.4, -0.2) is 33.7 Å². The first-order valence-corrected chi connectivity index (χ1v) is 11.9. The molecule has 0 aliphatic heterocycles. The van der Waals surface area contributed by atoms with Crippen LogP contribution in [0.2, 0.25) is 0 Å². The highest BCUT2D eigenvalue weighted by molar-refractivity contribution is 7.86. The van der Waals surface area contributed by atoms with Gasteiger partial charge in [0.2, 0.25) is 0 Å². The predicted molar refractivity (Wildman–Crippen MR) is 116 cm³/mol. The minimum atomic E-state index is -5.84. The highest BCUT2D eigenvalue weighted by Crippen LogP contribution is 2.69. The third-order valence-corrected chi connectivity index (χ3v) is 7.58. The van der Waals surface area contributed by atoms with Gasteiger partial charge in [-0.15, -0.1) is 5.10 Å². The van der Waals surface area contributed by atoms with Crippen LogP contribution in [0.3, 0.4) is 0 Å². The Morgan fingerprint density at radius 2 is 1.66 bits per heavy atom. The molecular formula is C23H20F5N3O3S. The lowest BCUT2D eigenvalue weighted by Gasteiger charge is -2.37. The fraction of sp³-hybridized carbons (Fsp3) is 0.348. The van der Waals surface area contributed by atoms with Crippen LogP contribution in [0.15, 0.2) is 48.7 Å². The number of aromatic nitrogens is 3. The summed E-state index contributed by atoms with van der Waals surface area (Å²) in [6.45, 7) is 4.48. The van der Waals surface area contributed by atoms with Crippen LogP contribution in [0.4, 0.5) is 22.0 Å². The smallest absolute Gasteiger partial charge is 0.279 e. The lowest BCUT2D eigenvalue weighted by Crippen LogP contribution is -2.37. The van der Waals surface area contributed by atoms with Crippen molar-refractivity contribution in [3.8, 4) is 11.3 Å². The summed E-state index contributed by atoms with van der Waals surface area (Å²) in [4.78, 5) is 4.65. The number of hydrogen-bond donors (Lipinski definition) is 1. The first kappa shape index (κ1) is 25.1. The molecule has 2 aliphatic rings. The maximum Gasteiger partial charge on any atom is 0.522 e. The Morgan fingerprint density at radius 3 is 2.20 bits per heavy atom. The van der Waals surface area contributed by atoms with E-state index in [-0.39, 0.29) is 28.0 Å². The minimum absolute atomic E-state index is 0.0925. The van der Waals surface area contributed by atoms with Gasteiger partial charge in [0.15, 0.2) is 0 Å². The van der Waals surface area contributed by atoms with Gasteiger partial charge < -0.3 is 0 Å². The van der Waals surface area contributed by atoms with Crippen molar-refractivity contribution >= 4 is 10.1 Å². The van der Waals surface area contributed by atoms with Crippen LogP contribution in [0.25, 0.3) is 11.3 Å². The predicted octanol–water partition coefficient (Wildman–Crippen LogP) is 5.41. The van der Waals surface area contributed by atoms with Crippen LogP contribution in [0.1, 0.15) is 49.6 Å². The fourth-order valence-electron chi connectivity index (χ4n) is 5.37. The Kier molecular flexibility index (Phi) is 5.95. The summed E-state index contributed by atoms with van der Waals surface area (Å²) in [5, 5.41) is 8.76. The summed E-state index contributed by atoms with van der Waals surface area (Å²) in [6.07, 6.45) is 3.76. The second-order valence-corrected chi connectivity index (χ2v) is 10.4. The summed E-state index contributed by atoms with van der Waals surface area (Å²) in [6, 6.07) is 11.6. The lowest BCUT2D eigenvalue weighted by atomic mass is 9.66. The maximum atomic E-state index is 14.3. The van der Waals surface area contributed by atoms with E-state index in [1.807, 2.05) is 30.5 Å². The summed E-state index contributed by atoms with van der Waals surface area (Å²) < 4.78 is 86.0. The molecule has 0 saturated heterocycles. The van der Waals surface area contributed by atoms with Crippen molar-refractivity contribution < 1.29 is 34.9 Å². The highest BCUT2D eigenvalue weighted by Gasteiger charge is 2.64. The van der Waals surface area contributed by atoms with Gasteiger partial charge in [0.1, 0.15) is 11.6 Å². The number of rotatable bonds is 2. The maximum absolute atomic E-state index is 14.3. The SMILES string of the molecule is CC1(C)[C@H]2CC[C@]1(c1ccccn1)c1nnc(-c3c(F)cccc3F)cc12.O=S(=O)(O)C(F)(F)F. The van der Waals surface area contributed by atoms with E-state index >= 15 is 0 Å². The quantitative estimate of drug-likeness (QED) is 0.280. The molecular weight excluding hydrogens is 493 g/mol. The fourth-order valence-corrected chi connectivity index (χ4v) is 5.37. The molecule has 186 valence electrons. The lowest BCUT2D eigenvalue weighted by molar-refractivity contribution is -0.0510. The second kappa shape index (κ2) is 8.30. The van der Waals surface area contributed by atoms with Gasteiger partial charge in [0, 0.05) is 6.20 Å². The Bertz CT molecular complexity index is 1360. The number of hydrogen-bond acceptors (Lipinski definition) is 5. The Morgan fingerprint density at radius 1 is 1.03 bits per heavy atom. The molecule has 2 aliphatic carbocycles. The van der Waals surface area contributed by atoms with Gasteiger partial charge >= 0.3 is 15.6 Å². The van der Waals surface area contributed by atoms with E-state index in [1.165, 1.54) is 18.2 Å². The number of benzene rings is 1. The topological polar surface area (TPSA) is 93.0 Å². The van der Waals surface area contributed by atoms with Crippen molar-refractivity contribution in [1.82, 2.24) is 15.2 Å². The van der Waals surface area contributed by atoms with Gasteiger partial charge in [-0.25, -0.2) is 8.78 Å². The third-order valence-electron chi connectivity index (χ3n) is 7.00. The van der Waals surface area contributed by atoms with Gasteiger partial charge in [0.25, 0.3) is 0 Å². The summed E-state index contributed by atoms with van der Waals surface area (Å²) in [5.74, 6) is -0.976. The highest BCUT2D eigenvalue weighted by atomic mass is 32.2. The molecule has 0 radical (unpaired) electrons. The number of alkyl halides is 3. The molecule has 12 heteroatoms. The van der Waals surface area contributed by atoms with Crippen LogP contribution in [0.5, 0.6) is 0 Å². The molecule has 2 bridgehead atoms. The van der Waals surface area contributed by atoms with E-state index in [9.17, 15) is 22.0 Å². The van der Waals surface area contributed by atoms with Gasteiger partial charge in [-0.1, -0.05) is 26.0 Å². The summed E-state index contributed by atoms with van der Waals surface area (Å²) in [7, 11) is -5.84. The minimum Gasteiger partial charge on any atom is -0.279 e. The largest absolute Gasteiger partial charge is 0.522 e. The number of pyridine rings is 1. The average Bonchev–Trinajstić information content (AvgIpc) is 3.15. The second-order valence-electron chi connectivity index (χ2n) is 8.98. The molecule has 1 saturated carbocycles. The molecule has 1 fully saturated rings. The van der Waals surface area contributed by atoms with Gasteiger partial charge in [-0.05, 0) is 60.1 Å². The molecule has 2 heterocycles. The zero-order valence-corrected chi connectivity index (χ0v) is 19.3. The third kappa shape index (κ3) is 3.88. The monoisotopic (exact) mass is 513 g/mol. The van der Waals surface area contributed by atoms with Crippen molar-refractivity contribution in [3.05, 3.63) is 77.2 Å². The molecule has 1 N–H and O–H groups in total. The number of halogens is 5. The van der Waals surface area contributed by atoms with Crippen LogP contribution in [-0.2, 0) is 15.5 Å². The van der Waals surface area contributed by atoms with Crippen molar-refractivity contribution in [2.45, 2.75) is 43.5 Å². The molecule has 2 atom stereocenters. The van der Waals surface area contributed by atoms with Crippen molar-refractivity contribution in [1.29, 1.82) is 0 Å². The van der Waals surface area contributed by atoms with E-state index in [2.05, 4.69) is 29.0 Å². The molecule has 3 aromatic rings. The van der Waals surface area contributed by atoms with E-state index in [4.69, 9.17) is 13.0 Å². The van der Waals surface area contributed by atoms with E-state index in [1.54, 1.807) is 0 Å². The Balaban J connectivity index is 0.000000314. The molecule has 6 nitrogen and oxygen atoms in total. The summed E-state index contributed by atoms with van der Waals surface area (Å²) in [5.41, 5.74) is -2.85. The van der Waals surface area contributed by atoms with E-state index in [0.29, 0.717) is 0 Å². The van der Waals surface area contributed by atoms with Crippen molar-refractivity contribution in [2.24, 2.45) is 5.41 Å².